The average Bonchev–Trinajstić information content (AvgIpc) is 3.11. The van der Waals surface area contributed by atoms with Crippen molar-refractivity contribution in [2.24, 2.45) is 0 Å². The minimum Gasteiger partial charge on any atom is -0.377 e. The molecule has 0 spiro atoms. The van der Waals surface area contributed by atoms with Gasteiger partial charge in [-0.05, 0) is 23.4 Å². The standard InChI is InChI=1S/C12H20N6O2S/c1-3-4-13-5-6-18-12(14-16-17-18)21-9-10-7-11(8-19-2)20-15-10/h7,13H,3-6,8-9H2,1-2H3. The largest absolute Gasteiger partial charge is 0.377 e. The van der Waals surface area contributed by atoms with Gasteiger partial charge in [-0.25, -0.2) is 4.68 Å². The lowest BCUT2D eigenvalue weighted by atomic mass is 10.4. The summed E-state index contributed by atoms with van der Waals surface area (Å²) >= 11 is 1.54. The van der Waals surface area contributed by atoms with E-state index in [0.29, 0.717) is 12.4 Å². The number of tetrazole rings is 1. The van der Waals surface area contributed by atoms with Crippen LogP contribution in [0.3, 0.4) is 0 Å². The van der Waals surface area contributed by atoms with E-state index in [1.807, 2.05) is 6.07 Å². The Bertz CT molecular complexity index is 529. The molecule has 0 aliphatic carbocycles. The molecule has 2 aromatic heterocycles. The number of rotatable bonds is 10. The van der Waals surface area contributed by atoms with Crippen LogP contribution in [0.25, 0.3) is 0 Å². The van der Waals surface area contributed by atoms with Crippen molar-refractivity contribution in [1.29, 1.82) is 0 Å². The lowest BCUT2D eigenvalue weighted by Gasteiger charge is -2.04. The molecule has 116 valence electrons. The van der Waals surface area contributed by atoms with Gasteiger partial charge in [0.05, 0.1) is 12.2 Å². The predicted octanol–water partition coefficient (Wildman–Crippen LogP) is 1.10. The van der Waals surface area contributed by atoms with Crippen molar-refractivity contribution in [3.05, 3.63) is 17.5 Å². The number of hydrogen-bond acceptors (Lipinski definition) is 8. The maximum absolute atomic E-state index is 5.14. The summed E-state index contributed by atoms with van der Waals surface area (Å²) in [4.78, 5) is 0. The maximum atomic E-state index is 5.14. The van der Waals surface area contributed by atoms with E-state index in [9.17, 15) is 0 Å². The first-order valence-corrected chi connectivity index (χ1v) is 7.85. The third kappa shape index (κ3) is 5.10. The van der Waals surface area contributed by atoms with Crippen LogP contribution in [-0.2, 0) is 23.6 Å². The molecule has 0 amide bonds. The fourth-order valence-electron chi connectivity index (χ4n) is 1.70. The Morgan fingerprint density at radius 3 is 3.14 bits per heavy atom. The van der Waals surface area contributed by atoms with Gasteiger partial charge in [0.25, 0.3) is 0 Å². The zero-order valence-corrected chi connectivity index (χ0v) is 13.1. The van der Waals surface area contributed by atoms with Gasteiger partial charge in [-0.2, -0.15) is 0 Å². The number of aromatic nitrogens is 5. The SMILES string of the molecule is CCCNCCn1nnnc1SCc1cc(COC)on1. The van der Waals surface area contributed by atoms with Crippen molar-refractivity contribution in [2.45, 2.75) is 37.4 Å². The summed E-state index contributed by atoms with van der Waals surface area (Å²) in [6, 6.07) is 1.88. The van der Waals surface area contributed by atoms with Gasteiger partial charge in [-0.3, -0.25) is 0 Å². The van der Waals surface area contributed by atoms with Crippen molar-refractivity contribution in [1.82, 2.24) is 30.7 Å². The molecule has 0 atom stereocenters. The first-order valence-electron chi connectivity index (χ1n) is 6.86. The van der Waals surface area contributed by atoms with Crippen molar-refractivity contribution >= 4 is 11.8 Å². The third-order valence-electron chi connectivity index (χ3n) is 2.67. The molecule has 1 N–H and O–H groups in total. The quantitative estimate of drug-likeness (QED) is 0.515. The first kappa shape index (κ1) is 15.9. The molecule has 0 bridgehead atoms. The third-order valence-corrected chi connectivity index (χ3v) is 3.66. The Morgan fingerprint density at radius 1 is 1.43 bits per heavy atom. The summed E-state index contributed by atoms with van der Waals surface area (Å²) < 4.78 is 11.9. The Labute approximate surface area is 127 Å². The fourth-order valence-corrected chi connectivity index (χ4v) is 2.48. The monoisotopic (exact) mass is 312 g/mol. The molecular weight excluding hydrogens is 292 g/mol. The van der Waals surface area contributed by atoms with E-state index in [-0.39, 0.29) is 0 Å². The van der Waals surface area contributed by atoms with Crippen LogP contribution >= 0.6 is 11.8 Å². The second-order valence-corrected chi connectivity index (χ2v) is 5.38. The molecule has 0 radical (unpaired) electrons. The minimum absolute atomic E-state index is 0.429. The van der Waals surface area contributed by atoms with Crippen LogP contribution in [0.2, 0.25) is 0 Å². The Kier molecular flexibility index (Phi) is 6.64. The van der Waals surface area contributed by atoms with Crippen LogP contribution in [0.4, 0.5) is 0 Å². The number of methoxy groups -OCH3 is 1. The molecule has 0 saturated heterocycles. The number of nitrogens with zero attached hydrogens (tertiary/aromatic N) is 5. The van der Waals surface area contributed by atoms with Gasteiger partial charge >= 0.3 is 0 Å². The van der Waals surface area contributed by atoms with Crippen LogP contribution in [-0.4, -0.2) is 45.6 Å². The van der Waals surface area contributed by atoms with Crippen molar-refractivity contribution < 1.29 is 9.26 Å². The average molecular weight is 312 g/mol. The highest BCUT2D eigenvalue weighted by Crippen LogP contribution is 2.19. The molecule has 8 nitrogen and oxygen atoms in total. The van der Waals surface area contributed by atoms with Gasteiger partial charge in [0.15, 0.2) is 5.76 Å². The highest BCUT2D eigenvalue weighted by Gasteiger charge is 2.09. The molecule has 0 fully saturated rings. The molecular formula is C12H20N6O2S. The van der Waals surface area contributed by atoms with E-state index in [0.717, 1.165) is 42.7 Å². The van der Waals surface area contributed by atoms with Crippen LogP contribution in [0.5, 0.6) is 0 Å². The smallest absolute Gasteiger partial charge is 0.209 e. The van der Waals surface area contributed by atoms with Crippen LogP contribution in [0.1, 0.15) is 24.8 Å². The van der Waals surface area contributed by atoms with E-state index in [2.05, 4.69) is 32.9 Å². The molecule has 2 rings (SSSR count). The molecule has 21 heavy (non-hydrogen) atoms. The van der Waals surface area contributed by atoms with Crippen LogP contribution in [0, 0.1) is 0 Å². The van der Waals surface area contributed by atoms with Gasteiger partial charge in [0, 0.05) is 25.5 Å². The number of nitrogens with one attached hydrogen (secondary N) is 1. The van der Waals surface area contributed by atoms with Gasteiger partial charge in [0.1, 0.15) is 6.61 Å². The second kappa shape index (κ2) is 8.75. The summed E-state index contributed by atoms with van der Waals surface area (Å²) in [7, 11) is 1.62. The molecule has 0 saturated carbocycles. The lowest BCUT2D eigenvalue weighted by molar-refractivity contribution is 0.156. The van der Waals surface area contributed by atoms with E-state index in [1.54, 1.807) is 11.8 Å². The highest BCUT2D eigenvalue weighted by molar-refractivity contribution is 7.98. The summed E-state index contributed by atoms with van der Waals surface area (Å²) in [5, 5.41) is 19.8. The van der Waals surface area contributed by atoms with Gasteiger partial charge in [-0.15, -0.1) is 5.10 Å². The van der Waals surface area contributed by atoms with E-state index >= 15 is 0 Å². The summed E-state index contributed by atoms with van der Waals surface area (Å²) in [5.74, 6) is 1.38. The van der Waals surface area contributed by atoms with E-state index in [1.165, 1.54) is 11.8 Å². The summed E-state index contributed by atoms with van der Waals surface area (Å²) in [6.07, 6.45) is 1.12. The molecule has 0 unspecified atom stereocenters. The number of hydrogen-bond donors (Lipinski definition) is 1. The van der Waals surface area contributed by atoms with Crippen molar-refractivity contribution in [3.63, 3.8) is 0 Å². The van der Waals surface area contributed by atoms with Gasteiger partial charge in [-0.1, -0.05) is 23.8 Å². The fraction of sp³-hybridized carbons (Fsp3) is 0.667. The second-order valence-electron chi connectivity index (χ2n) is 4.44. The molecule has 2 aromatic rings. The van der Waals surface area contributed by atoms with Crippen LogP contribution in [0.15, 0.2) is 15.7 Å². The van der Waals surface area contributed by atoms with E-state index in [4.69, 9.17) is 9.26 Å². The summed E-state index contributed by atoms with van der Waals surface area (Å²) in [5.41, 5.74) is 0.853. The van der Waals surface area contributed by atoms with Crippen LogP contribution < -0.4 is 5.32 Å². The lowest BCUT2D eigenvalue weighted by Crippen LogP contribution is -2.21. The number of ether oxygens (including phenoxy) is 1. The maximum Gasteiger partial charge on any atom is 0.209 e. The van der Waals surface area contributed by atoms with Gasteiger partial charge in [0.2, 0.25) is 5.16 Å². The molecule has 2 heterocycles. The topological polar surface area (TPSA) is 90.9 Å². The highest BCUT2D eigenvalue weighted by atomic mass is 32.2. The molecule has 0 aromatic carbocycles. The molecule has 0 aliphatic heterocycles. The molecule has 0 aliphatic rings. The summed E-state index contributed by atoms with van der Waals surface area (Å²) in [6.45, 7) is 5.18. The zero-order valence-electron chi connectivity index (χ0n) is 12.3. The predicted molar refractivity (Wildman–Crippen MR) is 77.8 cm³/mol. The molecule has 9 heteroatoms. The Morgan fingerprint density at radius 2 is 2.33 bits per heavy atom. The van der Waals surface area contributed by atoms with E-state index < -0.39 is 0 Å². The Hall–Kier alpha value is -1.45. The minimum atomic E-state index is 0.429. The van der Waals surface area contributed by atoms with Gasteiger partial charge < -0.3 is 14.6 Å². The first-order chi connectivity index (χ1) is 10.3. The van der Waals surface area contributed by atoms with Crippen molar-refractivity contribution in [2.75, 3.05) is 20.2 Å². The number of thioether (sulfide) groups is 1. The normalized spacial score (nSPS) is 11.1. The Balaban J connectivity index is 1.81. The zero-order chi connectivity index (χ0) is 14.9. The van der Waals surface area contributed by atoms with Crippen molar-refractivity contribution in [3.8, 4) is 0 Å².